The van der Waals surface area contributed by atoms with Crippen molar-refractivity contribution in [1.82, 2.24) is 4.90 Å². The zero-order valence-corrected chi connectivity index (χ0v) is 30.2. The number of rotatable bonds is 14. The number of fused-ring (bicyclic) bond motifs is 1. The van der Waals surface area contributed by atoms with Gasteiger partial charge in [-0.25, -0.2) is 0 Å². The molecule has 4 atom stereocenters. The van der Waals surface area contributed by atoms with Gasteiger partial charge in [-0.05, 0) is 96.3 Å². The average molecular weight is 666 g/mol. The minimum absolute atomic E-state index is 0.203. The van der Waals surface area contributed by atoms with Gasteiger partial charge in [-0.15, -0.1) is 0 Å². The summed E-state index contributed by atoms with van der Waals surface area (Å²) in [7, 11) is 7.12. The molecule has 10 heteroatoms. The summed E-state index contributed by atoms with van der Waals surface area (Å²) in [6.45, 7) is 8.18. The number of nitrogens with zero attached hydrogens (tertiary/aromatic N) is 1. The van der Waals surface area contributed by atoms with E-state index in [2.05, 4.69) is 29.9 Å². The molecule has 1 saturated carbocycles. The Morgan fingerprint density at radius 2 is 1.77 bits per heavy atom. The number of hydrogen-bond donors (Lipinski definition) is 2. The molecule has 270 valence electrons. The van der Waals surface area contributed by atoms with E-state index in [9.17, 15) is 18.8 Å². The lowest BCUT2D eigenvalue weighted by atomic mass is 9.77. The van der Waals surface area contributed by atoms with Crippen LogP contribution in [-0.2, 0) is 19.1 Å². The van der Waals surface area contributed by atoms with Gasteiger partial charge in [0.05, 0.1) is 19.4 Å². The third-order valence-corrected chi connectivity index (χ3v) is 8.99. The Labute approximate surface area is 283 Å². The van der Waals surface area contributed by atoms with Crippen LogP contribution in [0.1, 0.15) is 102 Å². The van der Waals surface area contributed by atoms with Crippen molar-refractivity contribution in [1.29, 1.82) is 0 Å². The molecule has 1 saturated heterocycles. The Morgan fingerprint density at radius 3 is 2.26 bits per heavy atom. The number of halogens is 1. The number of amides is 1. The predicted molar refractivity (Wildman–Crippen MR) is 191 cm³/mol. The molecule has 0 bridgehead atoms. The molecule has 2 aromatic rings. The maximum atomic E-state index is 11.6. The molecule has 0 radical (unpaired) electrons. The summed E-state index contributed by atoms with van der Waals surface area (Å²) < 4.78 is 26.4. The van der Waals surface area contributed by atoms with Gasteiger partial charge < -0.3 is 34.6 Å². The first kappa shape index (κ1) is 44.3. The zero-order valence-electron chi connectivity index (χ0n) is 30.2. The number of carbonyl (C=O) groups excluding carboxylic acids is 3. The molecule has 4 rings (SSSR count). The van der Waals surface area contributed by atoms with E-state index in [1.807, 2.05) is 13.8 Å². The van der Waals surface area contributed by atoms with E-state index in [1.54, 1.807) is 38.5 Å². The number of aldehydes is 2. The number of benzene rings is 1. The molecule has 2 fully saturated rings. The Morgan fingerprint density at radius 1 is 1.06 bits per heavy atom. The highest BCUT2D eigenvalue weighted by Gasteiger charge is 2.34. The van der Waals surface area contributed by atoms with Crippen molar-refractivity contribution in [3.8, 4) is 0 Å². The fraction of sp³-hybridized carbons (Fsp3) is 0.703. The Hall–Kier alpha value is -2.66. The molecule has 4 unspecified atom stereocenters. The summed E-state index contributed by atoms with van der Waals surface area (Å²) in [5.41, 5.74) is 5.80. The lowest BCUT2D eigenvalue weighted by molar-refractivity contribution is -0.111. The minimum Gasteiger partial charge on any atom is -0.453 e. The molecule has 0 spiro atoms. The highest BCUT2D eigenvalue weighted by molar-refractivity contribution is 5.88. The molecule has 1 aliphatic carbocycles. The van der Waals surface area contributed by atoms with E-state index in [1.165, 1.54) is 52.1 Å². The molecule has 47 heavy (non-hydrogen) atoms. The number of nitrogens with one attached hydrogen (secondary N) is 1. The van der Waals surface area contributed by atoms with E-state index < -0.39 is 0 Å². The van der Waals surface area contributed by atoms with Gasteiger partial charge in [0.2, 0.25) is 6.41 Å². The number of furan rings is 1. The topological polar surface area (TPSA) is 124 Å². The maximum Gasteiger partial charge on any atom is 0.211 e. The van der Waals surface area contributed by atoms with Gasteiger partial charge in [0.15, 0.2) is 12.0 Å². The van der Waals surface area contributed by atoms with Crippen LogP contribution in [0.2, 0.25) is 0 Å². The van der Waals surface area contributed by atoms with E-state index in [0.717, 1.165) is 55.2 Å². The Balaban J connectivity index is 0.000000606. The molecule has 3 N–H and O–H groups in total. The molecule has 1 amide bonds. The minimum atomic E-state index is -0.224. The smallest absolute Gasteiger partial charge is 0.211 e. The van der Waals surface area contributed by atoms with Crippen LogP contribution in [-0.4, -0.2) is 84.2 Å². The monoisotopic (exact) mass is 665 g/mol. The number of anilines is 1. The molecule has 1 aliphatic heterocycles. The van der Waals surface area contributed by atoms with Crippen LogP contribution in [0.25, 0.3) is 11.0 Å². The van der Waals surface area contributed by atoms with E-state index in [4.69, 9.17) is 13.9 Å². The lowest BCUT2D eigenvalue weighted by Crippen LogP contribution is -2.30. The third-order valence-electron chi connectivity index (χ3n) is 8.99. The number of carbonyl (C=O) groups is 3. The highest BCUT2D eigenvalue weighted by Crippen LogP contribution is 2.37. The average Bonchev–Trinajstić information content (AvgIpc) is 3.68. The Bertz CT molecular complexity index is 1060. The van der Waals surface area contributed by atoms with Crippen molar-refractivity contribution in [2.45, 2.75) is 104 Å². The molecular formula is C37H64FN3O6. The number of methoxy groups -OCH3 is 2. The summed E-state index contributed by atoms with van der Waals surface area (Å²) in [6, 6.07) is 7.62. The van der Waals surface area contributed by atoms with Crippen LogP contribution in [0.4, 0.5) is 10.1 Å². The third kappa shape index (κ3) is 18.5. The van der Waals surface area contributed by atoms with Crippen molar-refractivity contribution in [2.75, 3.05) is 53.5 Å². The van der Waals surface area contributed by atoms with Crippen molar-refractivity contribution in [2.24, 2.45) is 23.5 Å². The Kier molecular flexibility index (Phi) is 26.8. The second-order valence-electron chi connectivity index (χ2n) is 12.2. The molecule has 1 aromatic carbocycles. The fourth-order valence-corrected chi connectivity index (χ4v) is 5.95. The first-order chi connectivity index (χ1) is 22.8. The summed E-state index contributed by atoms with van der Waals surface area (Å²) in [5, 5.41) is 3.31. The van der Waals surface area contributed by atoms with Gasteiger partial charge in [0.1, 0.15) is 11.9 Å². The number of ether oxygens (including phenoxy) is 2. The zero-order chi connectivity index (χ0) is 35.5. The molecule has 9 nitrogen and oxygen atoms in total. The van der Waals surface area contributed by atoms with Crippen molar-refractivity contribution >= 4 is 35.6 Å². The van der Waals surface area contributed by atoms with Gasteiger partial charge in [-0.2, -0.15) is 0 Å². The van der Waals surface area contributed by atoms with Gasteiger partial charge in [0, 0.05) is 37.3 Å². The molecule has 1 aromatic heterocycles. The number of hydrogen-bond acceptors (Lipinski definition) is 8. The number of nitrogens with two attached hydrogens (primary N) is 1. The SMILES string of the molecule is CC1C(C2CCCCC2)CCN1C.CCC(C=O)CCCCCF.CN.COCC(C)OC.O=CNc1ccc2oc(C=O)cc2c1. The fourth-order valence-electron chi connectivity index (χ4n) is 5.95. The molecule has 2 heterocycles. The van der Waals surface area contributed by atoms with Crippen LogP contribution < -0.4 is 11.1 Å². The number of unbranched alkanes of at least 4 members (excludes halogenated alkanes) is 2. The van der Waals surface area contributed by atoms with Crippen LogP contribution in [0.15, 0.2) is 28.7 Å². The highest BCUT2D eigenvalue weighted by atomic mass is 19.1. The first-order valence-electron chi connectivity index (χ1n) is 17.3. The van der Waals surface area contributed by atoms with Gasteiger partial charge >= 0.3 is 0 Å². The summed E-state index contributed by atoms with van der Waals surface area (Å²) in [4.78, 5) is 33.5. The predicted octanol–water partition coefficient (Wildman–Crippen LogP) is 7.70. The second-order valence-corrected chi connectivity index (χ2v) is 12.2. The van der Waals surface area contributed by atoms with E-state index >= 15 is 0 Å². The summed E-state index contributed by atoms with van der Waals surface area (Å²) in [6.07, 6.45) is 15.9. The molecule has 2 aliphatic rings. The van der Waals surface area contributed by atoms with Gasteiger partial charge in [0.25, 0.3) is 0 Å². The van der Waals surface area contributed by atoms with Gasteiger partial charge in [-0.1, -0.05) is 51.9 Å². The normalized spacial score (nSPS) is 18.8. The van der Waals surface area contributed by atoms with E-state index in [0.29, 0.717) is 37.0 Å². The summed E-state index contributed by atoms with van der Waals surface area (Å²) >= 11 is 0. The van der Waals surface area contributed by atoms with Gasteiger partial charge in [-0.3, -0.25) is 14.0 Å². The largest absolute Gasteiger partial charge is 0.453 e. The van der Waals surface area contributed by atoms with Crippen LogP contribution in [0.5, 0.6) is 0 Å². The first-order valence-corrected chi connectivity index (χ1v) is 17.3. The van der Waals surface area contributed by atoms with Crippen LogP contribution in [0.3, 0.4) is 0 Å². The van der Waals surface area contributed by atoms with Crippen molar-refractivity contribution in [3.63, 3.8) is 0 Å². The van der Waals surface area contributed by atoms with E-state index in [-0.39, 0.29) is 24.5 Å². The van der Waals surface area contributed by atoms with Crippen molar-refractivity contribution < 1.29 is 32.7 Å². The summed E-state index contributed by atoms with van der Waals surface area (Å²) in [5.74, 6) is 2.57. The van der Waals surface area contributed by atoms with Crippen molar-refractivity contribution in [3.05, 3.63) is 30.0 Å². The second kappa shape index (κ2) is 28.4. The lowest BCUT2D eigenvalue weighted by Gasteiger charge is -2.31. The van der Waals surface area contributed by atoms with Crippen LogP contribution in [0, 0.1) is 17.8 Å². The standard InChI is InChI=1S/C12H23N.C10H7NO3.C9H17FO.C5H12O2.CH5N/c1-10-12(8-9-13(10)2)11-6-4-3-5-7-11;12-5-9-4-7-3-8(11-6-13)1-2-10(7)14-9;1-2-9(8-11)6-4-3-5-7-10;1-5(7-3)4-6-2;1-2/h10-12H,3-9H2,1-2H3;1-6H,(H,11,13);8-9H,2-7H2,1H3;5H,4H2,1-3H3;2H2,1H3. The number of likely N-dealkylation sites (tertiary alicyclic amines) is 1. The maximum absolute atomic E-state index is 11.6. The number of alkyl halides is 1. The quantitative estimate of drug-likeness (QED) is 0.155. The van der Waals surface area contributed by atoms with Crippen LogP contribution >= 0.6 is 0 Å². The molecular weight excluding hydrogens is 601 g/mol.